The lowest BCUT2D eigenvalue weighted by Gasteiger charge is -2.11. The molecule has 2 amide bonds. The van der Waals surface area contributed by atoms with E-state index in [1.54, 1.807) is 6.92 Å². The highest BCUT2D eigenvalue weighted by molar-refractivity contribution is 6.33. The van der Waals surface area contributed by atoms with Crippen LogP contribution in [-0.4, -0.2) is 25.2 Å². The number of urea groups is 1. The van der Waals surface area contributed by atoms with Crippen LogP contribution in [0, 0.1) is 0 Å². The number of hydrogen-bond donors (Lipinski definition) is 2. The van der Waals surface area contributed by atoms with Crippen molar-refractivity contribution < 1.29 is 27.5 Å². The van der Waals surface area contributed by atoms with Gasteiger partial charge in [0.15, 0.2) is 0 Å². The smallest absolute Gasteiger partial charge is 0.416 e. The number of amides is 2. The predicted octanol–water partition coefficient (Wildman–Crippen LogP) is 3.04. The maximum absolute atomic E-state index is 12.4. The number of benzene rings is 1. The Bertz CT molecular complexity index is 535. The van der Waals surface area contributed by atoms with Crippen LogP contribution in [-0.2, 0) is 15.7 Å². The van der Waals surface area contributed by atoms with Crippen molar-refractivity contribution in [1.82, 2.24) is 5.32 Å². The second-order valence-corrected chi connectivity index (χ2v) is 4.21. The molecule has 0 bridgehead atoms. The molecule has 0 radical (unpaired) electrons. The SMILES string of the molecule is CCOC(=O)CNC(=O)Nc1ccc(C(F)(F)F)cc1Cl. The van der Waals surface area contributed by atoms with Crippen molar-refractivity contribution in [2.45, 2.75) is 13.1 Å². The number of esters is 1. The maximum atomic E-state index is 12.4. The second kappa shape index (κ2) is 7.16. The Morgan fingerprint density at radius 2 is 2.00 bits per heavy atom. The molecular formula is C12H12ClF3N2O3. The molecule has 0 aliphatic carbocycles. The van der Waals surface area contributed by atoms with Gasteiger partial charge in [-0.3, -0.25) is 4.79 Å². The molecule has 21 heavy (non-hydrogen) atoms. The number of carbonyl (C=O) groups excluding carboxylic acids is 2. The van der Waals surface area contributed by atoms with Crippen molar-refractivity contribution in [3.63, 3.8) is 0 Å². The molecule has 0 aliphatic heterocycles. The summed E-state index contributed by atoms with van der Waals surface area (Å²) in [7, 11) is 0. The summed E-state index contributed by atoms with van der Waals surface area (Å²) < 4.78 is 41.9. The van der Waals surface area contributed by atoms with E-state index in [4.69, 9.17) is 11.6 Å². The molecule has 0 spiro atoms. The number of nitrogens with one attached hydrogen (secondary N) is 2. The lowest BCUT2D eigenvalue weighted by atomic mass is 10.2. The fourth-order valence-electron chi connectivity index (χ4n) is 1.32. The van der Waals surface area contributed by atoms with E-state index in [0.717, 1.165) is 12.1 Å². The van der Waals surface area contributed by atoms with E-state index in [-0.39, 0.29) is 23.9 Å². The van der Waals surface area contributed by atoms with E-state index in [1.165, 1.54) is 0 Å². The summed E-state index contributed by atoms with van der Waals surface area (Å²) in [5.41, 5.74) is -0.934. The van der Waals surface area contributed by atoms with Gasteiger partial charge in [-0.15, -0.1) is 0 Å². The summed E-state index contributed by atoms with van der Waals surface area (Å²) >= 11 is 5.66. The average molecular weight is 325 g/mol. The average Bonchev–Trinajstić information content (AvgIpc) is 2.38. The molecule has 0 atom stereocenters. The summed E-state index contributed by atoms with van der Waals surface area (Å²) in [5.74, 6) is -0.633. The largest absolute Gasteiger partial charge is 0.465 e. The third-order valence-electron chi connectivity index (χ3n) is 2.24. The van der Waals surface area contributed by atoms with Crippen molar-refractivity contribution in [1.29, 1.82) is 0 Å². The zero-order valence-electron chi connectivity index (χ0n) is 10.9. The predicted molar refractivity (Wildman–Crippen MR) is 70.1 cm³/mol. The van der Waals surface area contributed by atoms with Gasteiger partial charge in [0.2, 0.25) is 0 Å². The number of hydrogen-bond acceptors (Lipinski definition) is 3. The first kappa shape index (κ1) is 17.1. The first-order valence-corrected chi connectivity index (χ1v) is 6.19. The number of rotatable bonds is 4. The lowest BCUT2D eigenvalue weighted by molar-refractivity contribution is -0.141. The van der Waals surface area contributed by atoms with E-state index < -0.39 is 23.7 Å². The summed E-state index contributed by atoms with van der Waals surface area (Å²) in [6, 6.07) is 1.72. The van der Waals surface area contributed by atoms with Crippen molar-refractivity contribution in [2.75, 3.05) is 18.5 Å². The van der Waals surface area contributed by atoms with Gasteiger partial charge in [0, 0.05) is 0 Å². The van der Waals surface area contributed by atoms with Crippen LogP contribution < -0.4 is 10.6 Å². The molecule has 1 rings (SSSR count). The van der Waals surface area contributed by atoms with Crippen LogP contribution in [0.4, 0.5) is 23.7 Å². The van der Waals surface area contributed by atoms with Gasteiger partial charge in [-0.05, 0) is 25.1 Å². The Hall–Kier alpha value is -1.96. The molecule has 0 saturated heterocycles. The van der Waals surface area contributed by atoms with Crippen LogP contribution in [0.2, 0.25) is 5.02 Å². The lowest BCUT2D eigenvalue weighted by Crippen LogP contribution is -2.34. The minimum atomic E-state index is -4.52. The molecule has 0 heterocycles. The second-order valence-electron chi connectivity index (χ2n) is 3.81. The molecule has 1 aromatic carbocycles. The van der Waals surface area contributed by atoms with E-state index in [2.05, 4.69) is 15.4 Å². The van der Waals surface area contributed by atoms with Crippen LogP contribution in [0.5, 0.6) is 0 Å². The maximum Gasteiger partial charge on any atom is 0.416 e. The normalized spacial score (nSPS) is 10.9. The number of alkyl halides is 3. The fourth-order valence-corrected chi connectivity index (χ4v) is 1.55. The number of halogens is 4. The zero-order chi connectivity index (χ0) is 16.0. The van der Waals surface area contributed by atoms with Crippen LogP contribution in [0.25, 0.3) is 0 Å². The van der Waals surface area contributed by atoms with E-state index in [1.807, 2.05) is 0 Å². The molecule has 0 aliphatic rings. The summed E-state index contributed by atoms with van der Waals surface area (Å²) in [5, 5.41) is 4.14. The van der Waals surface area contributed by atoms with Crippen molar-refractivity contribution in [3.05, 3.63) is 28.8 Å². The number of ether oxygens (including phenoxy) is 1. The Balaban J connectivity index is 2.63. The third-order valence-corrected chi connectivity index (χ3v) is 2.56. The molecule has 0 fully saturated rings. The van der Waals surface area contributed by atoms with Crippen LogP contribution in [0.15, 0.2) is 18.2 Å². The first-order valence-electron chi connectivity index (χ1n) is 5.81. The summed E-state index contributed by atoms with van der Waals surface area (Å²) in [4.78, 5) is 22.5. The van der Waals surface area contributed by atoms with E-state index >= 15 is 0 Å². The number of carbonyl (C=O) groups is 2. The first-order chi connectivity index (χ1) is 9.74. The van der Waals surface area contributed by atoms with Gasteiger partial charge in [-0.1, -0.05) is 11.6 Å². The molecule has 1 aromatic rings. The highest BCUT2D eigenvalue weighted by Gasteiger charge is 2.30. The number of anilines is 1. The zero-order valence-corrected chi connectivity index (χ0v) is 11.6. The Kier molecular flexibility index (Phi) is 5.83. The van der Waals surface area contributed by atoms with Crippen LogP contribution in [0.3, 0.4) is 0 Å². The van der Waals surface area contributed by atoms with Crippen molar-refractivity contribution >= 4 is 29.3 Å². The summed E-state index contributed by atoms with van der Waals surface area (Å²) in [6.07, 6.45) is -4.52. The standard InChI is InChI=1S/C12H12ClF3N2O3/c1-2-21-10(19)6-17-11(20)18-9-4-3-7(5-8(9)13)12(14,15)16/h3-5H,2,6H2,1H3,(H2,17,18,20). The van der Waals surface area contributed by atoms with Gasteiger partial charge < -0.3 is 15.4 Å². The molecule has 2 N–H and O–H groups in total. The fraction of sp³-hybridized carbons (Fsp3) is 0.333. The molecular weight excluding hydrogens is 313 g/mol. The summed E-state index contributed by atoms with van der Waals surface area (Å²) in [6.45, 7) is 1.42. The molecule has 0 saturated carbocycles. The minimum Gasteiger partial charge on any atom is -0.465 e. The minimum absolute atomic E-state index is 0.00831. The Morgan fingerprint density at radius 1 is 1.33 bits per heavy atom. The highest BCUT2D eigenvalue weighted by atomic mass is 35.5. The molecule has 9 heteroatoms. The van der Waals surface area contributed by atoms with Crippen LogP contribution >= 0.6 is 11.6 Å². The van der Waals surface area contributed by atoms with Gasteiger partial charge in [-0.25, -0.2) is 4.79 Å². The molecule has 5 nitrogen and oxygen atoms in total. The van der Waals surface area contributed by atoms with Gasteiger partial charge in [0.1, 0.15) is 6.54 Å². The van der Waals surface area contributed by atoms with Crippen molar-refractivity contribution in [2.24, 2.45) is 0 Å². The van der Waals surface area contributed by atoms with E-state index in [0.29, 0.717) is 6.07 Å². The molecule has 0 aromatic heterocycles. The molecule has 116 valence electrons. The monoisotopic (exact) mass is 324 g/mol. The molecule has 0 unspecified atom stereocenters. The Labute approximate surface area is 123 Å². The quantitative estimate of drug-likeness (QED) is 0.837. The van der Waals surface area contributed by atoms with E-state index in [9.17, 15) is 22.8 Å². The van der Waals surface area contributed by atoms with Gasteiger partial charge >= 0.3 is 18.2 Å². The van der Waals surface area contributed by atoms with Gasteiger partial charge in [0.05, 0.1) is 22.9 Å². The van der Waals surface area contributed by atoms with Crippen LogP contribution in [0.1, 0.15) is 12.5 Å². The topological polar surface area (TPSA) is 67.4 Å². The highest BCUT2D eigenvalue weighted by Crippen LogP contribution is 2.33. The van der Waals surface area contributed by atoms with Gasteiger partial charge in [-0.2, -0.15) is 13.2 Å². The van der Waals surface area contributed by atoms with Crippen molar-refractivity contribution in [3.8, 4) is 0 Å². The third kappa shape index (κ3) is 5.50. The van der Waals surface area contributed by atoms with Gasteiger partial charge in [0.25, 0.3) is 0 Å². The Morgan fingerprint density at radius 3 is 2.52 bits per heavy atom.